The molecular weight excluding hydrogens is 504 g/mol. The molecule has 206 valence electrons. The van der Waals surface area contributed by atoms with Crippen LogP contribution in [-0.4, -0.2) is 34.7 Å². The second kappa shape index (κ2) is 14.2. The zero-order chi connectivity index (χ0) is 29.2. The number of ketones is 6. The molecule has 0 fully saturated rings. The predicted octanol–water partition coefficient (Wildman–Crippen LogP) is 6.52. The van der Waals surface area contributed by atoms with Gasteiger partial charge in [-0.3, -0.25) is 14.4 Å². The van der Waals surface area contributed by atoms with Crippen molar-refractivity contribution < 1.29 is 28.8 Å². The van der Waals surface area contributed by atoms with Gasteiger partial charge in [-0.15, -0.1) is 0 Å². The van der Waals surface area contributed by atoms with E-state index >= 15 is 0 Å². The average molecular weight is 539 g/mol. The Morgan fingerprint density at radius 2 is 0.625 bits per heavy atom. The molecule has 0 N–H and O–H groups in total. The van der Waals surface area contributed by atoms with Gasteiger partial charge in [-0.1, -0.05) is 72.8 Å². The van der Waals surface area contributed by atoms with Gasteiger partial charge in [-0.05, 0) is 37.5 Å². The lowest BCUT2D eigenvalue weighted by Gasteiger charge is -2.20. The molecule has 0 aliphatic heterocycles. The van der Waals surface area contributed by atoms with Crippen LogP contribution in [0.15, 0.2) is 72.8 Å². The number of rotatable bonds is 15. The van der Waals surface area contributed by atoms with Gasteiger partial charge in [0.15, 0.2) is 17.3 Å². The summed E-state index contributed by atoms with van der Waals surface area (Å²) in [6, 6.07) is 21.8. The molecule has 3 aromatic carbocycles. The summed E-state index contributed by atoms with van der Waals surface area (Å²) in [5.74, 6) is -0.631. The molecule has 0 saturated heterocycles. The lowest BCUT2D eigenvalue weighted by molar-refractivity contribution is -0.117. The van der Waals surface area contributed by atoms with Crippen molar-refractivity contribution in [3.63, 3.8) is 0 Å². The first kappa shape index (κ1) is 30.2. The summed E-state index contributed by atoms with van der Waals surface area (Å²) >= 11 is 0. The summed E-state index contributed by atoms with van der Waals surface area (Å²) in [5, 5.41) is 0. The zero-order valence-corrected chi connectivity index (χ0v) is 23.2. The first-order valence-electron chi connectivity index (χ1n) is 13.4. The Hall–Kier alpha value is -4.32. The van der Waals surface area contributed by atoms with Gasteiger partial charge < -0.3 is 14.4 Å². The highest BCUT2D eigenvalue weighted by Gasteiger charge is 2.19. The van der Waals surface area contributed by atoms with Crippen molar-refractivity contribution in [3.05, 3.63) is 106 Å². The zero-order valence-electron chi connectivity index (χ0n) is 23.2. The molecule has 0 heterocycles. The molecule has 0 aliphatic rings. The van der Waals surface area contributed by atoms with E-state index in [1.165, 1.54) is 20.8 Å². The molecule has 0 amide bonds. The molecule has 0 unspecified atom stereocenters. The molecule has 0 aliphatic carbocycles. The molecular formula is C34H34O6. The Balaban J connectivity index is 1.93. The van der Waals surface area contributed by atoms with Gasteiger partial charge in [0, 0.05) is 61.1 Å². The fraction of sp³-hybridized carbons (Fsp3) is 0.294. The van der Waals surface area contributed by atoms with Crippen LogP contribution in [0.3, 0.4) is 0 Å². The number of Topliss-reactive ketones (excluding diaryl/α,β-unsaturated/α-hetero) is 6. The molecule has 0 saturated carbocycles. The Labute approximate surface area is 234 Å². The molecule has 40 heavy (non-hydrogen) atoms. The van der Waals surface area contributed by atoms with Gasteiger partial charge in [-0.25, -0.2) is 0 Å². The number of hydrogen-bond donors (Lipinski definition) is 0. The van der Waals surface area contributed by atoms with Gasteiger partial charge in [0.2, 0.25) is 0 Å². The van der Waals surface area contributed by atoms with E-state index in [9.17, 15) is 28.8 Å². The minimum absolute atomic E-state index is 0.0310. The Morgan fingerprint density at radius 3 is 0.825 bits per heavy atom. The topological polar surface area (TPSA) is 102 Å². The number of benzene rings is 3. The van der Waals surface area contributed by atoms with Crippen molar-refractivity contribution in [1.82, 2.24) is 0 Å². The lowest BCUT2D eigenvalue weighted by Crippen LogP contribution is -2.08. The van der Waals surface area contributed by atoms with Crippen LogP contribution in [0, 0.1) is 0 Å². The lowest BCUT2D eigenvalue weighted by atomic mass is 9.83. The maximum Gasteiger partial charge on any atom is 0.163 e. The first-order valence-corrected chi connectivity index (χ1v) is 13.4. The fourth-order valence-corrected chi connectivity index (χ4v) is 4.46. The van der Waals surface area contributed by atoms with Crippen LogP contribution in [0.1, 0.15) is 113 Å². The summed E-state index contributed by atoms with van der Waals surface area (Å²) in [6.07, 6.45) is 1.11. The van der Waals surface area contributed by atoms with E-state index in [4.69, 9.17) is 0 Å². The van der Waals surface area contributed by atoms with Crippen molar-refractivity contribution >= 4 is 34.7 Å². The molecule has 6 nitrogen and oxygen atoms in total. The van der Waals surface area contributed by atoms with E-state index < -0.39 is 0 Å². The fourth-order valence-electron chi connectivity index (χ4n) is 4.46. The maximum absolute atomic E-state index is 12.5. The summed E-state index contributed by atoms with van der Waals surface area (Å²) in [4.78, 5) is 71.3. The minimum Gasteiger partial charge on any atom is -0.300 e. The standard InChI is InChI=1S/C34H34O6/c1-22(35)4-19-31(38)25-7-13-28(14-8-25)34(29-15-9-26(10-16-29)32(39)20-5-23(2)36)30-17-11-27(12-18-30)33(40)21-6-24(3)37/h7-18,34H,4-6,19-21H2,1-3H3. The largest absolute Gasteiger partial charge is 0.300 e. The monoisotopic (exact) mass is 538 g/mol. The van der Waals surface area contributed by atoms with Gasteiger partial charge >= 0.3 is 0 Å². The minimum atomic E-state index is -0.246. The highest BCUT2D eigenvalue weighted by molar-refractivity contribution is 5.99. The van der Waals surface area contributed by atoms with E-state index in [0.717, 1.165) is 16.7 Å². The first-order chi connectivity index (χ1) is 19.0. The Kier molecular flexibility index (Phi) is 10.7. The number of hydrogen-bond acceptors (Lipinski definition) is 6. The van der Waals surface area contributed by atoms with Crippen molar-refractivity contribution in [1.29, 1.82) is 0 Å². The van der Waals surface area contributed by atoms with Crippen LogP contribution in [0.5, 0.6) is 0 Å². The molecule has 6 heteroatoms. The molecule has 0 radical (unpaired) electrons. The van der Waals surface area contributed by atoms with Crippen LogP contribution < -0.4 is 0 Å². The molecule has 0 aromatic heterocycles. The highest BCUT2D eigenvalue weighted by Crippen LogP contribution is 2.33. The molecule has 0 atom stereocenters. The summed E-state index contributed by atoms with van der Waals surface area (Å²) in [7, 11) is 0. The van der Waals surface area contributed by atoms with Crippen LogP contribution in [-0.2, 0) is 14.4 Å². The van der Waals surface area contributed by atoms with E-state index in [1.807, 2.05) is 36.4 Å². The summed E-state index contributed by atoms with van der Waals surface area (Å²) in [6.45, 7) is 4.39. The van der Waals surface area contributed by atoms with Crippen LogP contribution in [0.2, 0.25) is 0 Å². The molecule has 3 rings (SSSR count). The van der Waals surface area contributed by atoms with Gasteiger partial charge in [0.05, 0.1) is 0 Å². The van der Waals surface area contributed by atoms with Crippen LogP contribution in [0.4, 0.5) is 0 Å². The van der Waals surface area contributed by atoms with Gasteiger partial charge in [0.25, 0.3) is 0 Å². The molecule has 3 aromatic rings. The smallest absolute Gasteiger partial charge is 0.163 e. The van der Waals surface area contributed by atoms with Gasteiger partial charge in [-0.2, -0.15) is 0 Å². The SMILES string of the molecule is CC(=O)CCC(=O)c1ccc(C(c2ccc(C(=O)CCC(C)=O)cc2)c2ccc(C(=O)CCC(C)=O)cc2)cc1. The third-order valence-corrected chi connectivity index (χ3v) is 6.81. The second-order valence-corrected chi connectivity index (χ2v) is 10.2. The number of carbonyl (C=O) groups is 6. The third kappa shape index (κ3) is 8.60. The maximum atomic E-state index is 12.5. The van der Waals surface area contributed by atoms with Crippen LogP contribution >= 0.6 is 0 Å². The normalized spacial score (nSPS) is 10.8. The van der Waals surface area contributed by atoms with E-state index in [0.29, 0.717) is 16.7 Å². The quantitative estimate of drug-likeness (QED) is 0.161. The molecule has 0 bridgehead atoms. The summed E-state index contributed by atoms with van der Waals surface area (Å²) in [5.41, 5.74) is 4.32. The van der Waals surface area contributed by atoms with Crippen LogP contribution in [0.25, 0.3) is 0 Å². The van der Waals surface area contributed by atoms with E-state index in [2.05, 4.69) is 0 Å². The summed E-state index contributed by atoms with van der Waals surface area (Å²) < 4.78 is 0. The predicted molar refractivity (Wildman–Crippen MR) is 153 cm³/mol. The van der Waals surface area contributed by atoms with Crippen molar-refractivity contribution in [2.24, 2.45) is 0 Å². The average Bonchev–Trinajstić information content (AvgIpc) is 2.94. The number of carbonyl (C=O) groups excluding carboxylic acids is 6. The van der Waals surface area contributed by atoms with Crippen molar-refractivity contribution in [2.45, 2.75) is 65.2 Å². The molecule has 0 spiro atoms. The van der Waals surface area contributed by atoms with E-state index in [1.54, 1.807) is 36.4 Å². The second-order valence-electron chi connectivity index (χ2n) is 10.2. The Morgan fingerprint density at radius 1 is 0.400 bits per heavy atom. The third-order valence-electron chi connectivity index (χ3n) is 6.81. The highest BCUT2D eigenvalue weighted by atomic mass is 16.1. The van der Waals surface area contributed by atoms with Crippen molar-refractivity contribution in [3.8, 4) is 0 Å². The van der Waals surface area contributed by atoms with Crippen molar-refractivity contribution in [2.75, 3.05) is 0 Å². The Bertz CT molecular complexity index is 1220. The van der Waals surface area contributed by atoms with Gasteiger partial charge in [0.1, 0.15) is 17.3 Å². The van der Waals surface area contributed by atoms with E-state index in [-0.39, 0.29) is 79.1 Å².